The van der Waals surface area contributed by atoms with Crippen LogP contribution in [0.4, 0.5) is 5.82 Å². The molecule has 3 aromatic rings. The van der Waals surface area contributed by atoms with Crippen molar-refractivity contribution < 1.29 is 4.79 Å². The summed E-state index contributed by atoms with van der Waals surface area (Å²) in [6.07, 6.45) is 8.52. The first kappa shape index (κ1) is 23.6. The Morgan fingerprint density at radius 1 is 1.17 bits per heavy atom. The standard InChI is InChI=1S/C28H33ClN6O/c1-19-5-3-10-34(15-19)16-20-11-24(29)31-25(12-20)35-17-21-6-7-22(13-23(21)27(35)36)28(8-4-9-28)14-26-32-30-18-33(26)2/h6-7,11-13,18-19H,3-5,8-10,14-17H2,1-2H3/t19-/m0/s1. The third kappa shape index (κ3) is 4.33. The maximum Gasteiger partial charge on any atom is 0.260 e. The van der Waals surface area contributed by atoms with E-state index in [1.54, 1.807) is 11.2 Å². The van der Waals surface area contributed by atoms with Crippen molar-refractivity contribution in [2.45, 2.75) is 64.0 Å². The number of aromatic nitrogens is 4. The van der Waals surface area contributed by atoms with Gasteiger partial charge in [-0.25, -0.2) is 4.98 Å². The van der Waals surface area contributed by atoms with Gasteiger partial charge in [-0.15, -0.1) is 10.2 Å². The summed E-state index contributed by atoms with van der Waals surface area (Å²) in [5.74, 6) is 2.35. The summed E-state index contributed by atoms with van der Waals surface area (Å²) in [7, 11) is 1.99. The van der Waals surface area contributed by atoms with Gasteiger partial charge in [0.25, 0.3) is 5.91 Å². The highest BCUT2D eigenvalue weighted by Gasteiger charge is 2.41. The molecule has 1 aliphatic carbocycles. The molecular formula is C28H33ClN6O. The predicted octanol–water partition coefficient (Wildman–Crippen LogP) is 4.92. The van der Waals surface area contributed by atoms with Gasteiger partial charge in [-0.1, -0.05) is 37.1 Å². The van der Waals surface area contributed by atoms with Crippen LogP contribution in [0, 0.1) is 5.92 Å². The fourth-order valence-corrected chi connectivity index (χ4v) is 6.44. The minimum absolute atomic E-state index is 0.00675. The van der Waals surface area contributed by atoms with E-state index in [1.165, 1.54) is 24.8 Å². The topological polar surface area (TPSA) is 67.2 Å². The Morgan fingerprint density at radius 2 is 2.03 bits per heavy atom. The third-order valence-corrected chi connectivity index (χ3v) is 8.60. The van der Waals surface area contributed by atoms with Crippen molar-refractivity contribution in [2.24, 2.45) is 13.0 Å². The second kappa shape index (κ2) is 9.27. The molecule has 1 aromatic carbocycles. The maximum atomic E-state index is 13.6. The highest BCUT2D eigenvalue weighted by Crippen LogP contribution is 2.47. The van der Waals surface area contributed by atoms with E-state index in [-0.39, 0.29) is 11.3 Å². The molecule has 36 heavy (non-hydrogen) atoms. The number of piperidine rings is 1. The van der Waals surface area contributed by atoms with Gasteiger partial charge in [0, 0.05) is 37.5 Å². The minimum Gasteiger partial charge on any atom is -0.321 e. The zero-order valence-corrected chi connectivity index (χ0v) is 21.8. The van der Waals surface area contributed by atoms with Gasteiger partial charge < -0.3 is 4.57 Å². The van der Waals surface area contributed by atoms with E-state index in [9.17, 15) is 4.79 Å². The number of benzene rings is 1. The van der Waals surface area contributed by atoms with Gasteiger partial charge in [0.1, 0.15) is 23.1 Å². The lowest BCUT2D eigenvalue weighted by Gasteiger charge is -2.42. The lowest BCUT2D eigenvalue weighted by molar-refractivity contribution is 0.0995. The van der Waals surface area contributed by atoms with Crippen LogP contribution in [-0.2, 0) is 32.0 Å². The number of carbonyl (C=O) groups is 1. The highest BCUT2D eigenvalue weighted by molar-refractivity contribution is 6.29. The summed E-state index contributed by atoms with van der Waals surface area (Å²) < 4.78 is 1.99. The lowest BCUT2D eigenvalue weighted by Crippen LogP contribution is -2.37. The molecule has 1 amide bonds. The quantitative estimate of drug-likeness (QED) is 0.446. The molecule has 2 aliphatic heterocycles. The van der Waals surface area contributed by atoms with Gasteiger partial charge in [-0.3, -0.25) is 14.6 Å². The number of fused-ring (bicyclic) bond motifs is 1. The molecule has 1 saturated carbocycles. The summed E-state index contributed by atoms with van der Waals surface area (Å²) in [5, 5.41) is 8.82. The second-order valence-electron chi connectivity index (χ2n) is 11.1. The van der Waals surface area contributed by atoms with E-state index in [2.05, 4.69) is 45.2 Å². The van der Waals surface area contributed by atoms with Gasteiger partial charge in [0.15, 0.2) is 0 Å². The predicted molar refractivity (Wildman–Crippen MR) is 140 cm³/mol. The summed E-state index contributed by atoms with van der Waals surface area (Å²) in [6, 6.07) is 10.4. The van der Waals surface area contributed by atoms with Crippen molar-refractivity contribution in [1.82, 2.24) is 24.6 Å². The summed E-state index contributed by atoms with van der Waals surface area (Å²) in [6.45, 7) is 5.88. The number of nitrogens with zero attached hydrogens (tertiary/aromatic N) is 6. The summed E-state index contributed by atoms with van der Waals surface area (Å²) >= 11 is 6.45. The zero-order valence-electron chi connectivity index (χ0n) is 21.1. The van der Waals surface area contributed by atoms with Gasteiger partial charge in [-0.2, -0.15) is 0 Å². The molecule has 0 bridgehead atoms. The molecule has 7 nitrogen and oxygen atoms in total. The van der Waals surface area contributed by atoms with Crippen LogP contribution < -0.4 is 4.90 Å². The fraction of sp³-hybridized carbons (Fsp3) is 0.500. The first-order chi connectivity index (χ1) is 17.4. The fourth-order valence-electron chi connectivity index (χ4n) is 6.21. The Balaban J connectivity index is 1.24. The number of amides is 1. The van der Waals surface area contributed by atoms with Gasteiger partial charge in [0.05, 0.1) is 6.54 Å². The van der Waals surface area contributed by atoms with Crippen molar-refractivity contribution in [1.29, 1.82) is 0 Å². The van der Waals surface area contributed by atoms with Crippen molar-refractivity contribution in [3.8, 4) is 0 Å². The molecule has 8 heteroatoms. The van der Waals surface area contributed by atoms with Gasteiger partial charge in [-0.05, 0) is 73.0 Å². The molecule has 6 rings (SSSR count). The largest absolute Gasteiger partial charge is 0.321 e. The molecule has 3 aliphatic rings. The highest BCUT2D eigenvalue weighted by atomic mass is 35.5. The number of aryl methyl sites for hydroxylation is 1. The van der Waals surface area contributed by atoms with E-state index in [0.717, 1.165) is 61.4 Å². The van der Waals surface area contributed by atoms with Crippen molar-refractivity contribution in [3.05, 3.63) is 69.9 Å². The van der Waals surface area contributed by atoms with Crippen LogP contribution in [0.3, 0.4) is 0 Å². The monoisotopic (exact) mass is 504 g/mol. The summed E-state index contributed by atoms with van der Waals surface area (Å²) in [5.41, 5.74) is 4.19. The van der Waals surface area contributed by atoms with E-state index in [0.29, 0.717) is 23.4 Å². The average molecular weight is 505 g/mol. The number of halogens is 1. The third-order valence-electron chi connectivity index (χ3n) is 8.40. The average Bonchev–Trinajstić information content (AvgIpc) is 3.38. The first-order valence-electron chi connectivity index (χ1n) is 13.1. The van der Waals surface area contributed by atoms with Crippen LogP contribution in [0.15, 0.2) is 36.7 Å². The van der Waals surface area contributed by atoms with Crippen LogP contribution in [0.2, 0.25) is 5.15 Å². The minimum atomic E-state index is 0.00675. The van der Waals surface area contributed by atoms with E-state index < -0.39 is 0 Å². The van der Waals surface area contributed by atoms with Crippen LogP contribution in [0.1, 0.15) is 71.9 Å². The van der Waals surface area contributed by atoms with Crippen LogP contribution in [0.5, 0.6) is 0 Å². The normalized spacial score (nSPS) is 21.5. The number of anilines is 1. The van der Waals surface area contributed by atoms with Crippen LogP contribution >= 0.6 is 11.6 Å². The van der Waals surface area contributed by atoms with Crippen LogP contribution in [0.25, 0.3) is 0 Å². The van der Waals surface area contributed by atoms with Crippen LogP contribution in [-0.4, -0.2) is 43.6 Å². The molecule has 4 heterocycles. The number of rotatable bonds is 6. The molecule has 1 saturated heterocycles. The SMILES string of the molecule is C[C@H]1CCCN(Cc2cc(Cl)nc(N3Cc4ccc(C5(Cc6nncn6C)CCC5)cc4C3=O)c2)C1. The maximum absolute atomic E-state index is 13.6. The lowest BCUT2D eigenvalue weighted by atomic mass is 9.62. The first-order valence-corrected chi connectivity index (χ1v) is 13.4. The Bertz CT molecular complexity index is 1300. The zero-order chi connectivity index (χ0) is 24.9. The molecule has 0 radical (unpaired) electrons. The van der Waals surface area contributed by atoms with Crippen molar-refractivity contribution in [2.75, 3.05) is 18.0 Å². The number of hydrogen-bond acceptors (Lipinski definition) is 5. The number of hydrogen-bond donors (Lipinski definition) is 0. The molecular weight excluding hydrogens is 472 g/mol. The molecule has 2 fully saturated rings. The molecule has 0 unspecified atom stereocenters. The Labute approximate surface area is 217 Å². The molecule has 0 N–H and O–H groups in total. The second-order valence-corrected chi connectivity index (χ2v) is 11.5. The Hall–Kier alpha value is -2.77. The Morgan fingerprint density at radius 3 is 2.75 bits per heavy atom. The van der Waals surface area contributed by atoms with Gasteiger partial charge in [0.2, 0.25) is 0 Å². The molecule has 1 atom stereocenters. The van der Waals surface area contributed by atoms with E-state index >= 15 is 0 Å². The number of likely N-dealkylation sites (tertiary alicyclic amines) is 1. The van der Waals surface area contributed by atoms with Gasteiger partial charge >= 0.3 is 0 Å². The molecule has 0 spiro atoms. The Kier molecular flexibility index (Phi) is 6.08. The van der Waals surface area contributed by atoms with E-state index in [4.69, 9.17) is 11.6 Å². The molecule has 2 aromatic heterocycles. The number of pyridine rings is 1. The van der Waals surface area contributed by atoms with Crippen molar-refractivity contribution in [3.63, 3.8) is 0 Å². The van der Waals surface area contributed by atoms with Crippen molar-refractivity contribution >= 4 is 23.3 Å². The summed E-state index contributed by atoms with van der Waals surface area (Å²) in [4.78, 5) is 22.4. The molecule has 188 valence electrons. The number of carbonyl (C=O) groups excluding carboxylic acids is 1. The van der Waals surface area contributed by atoms with E-state index in [1.807, 2.05) is 23.7 Å². The smallest absolute Gasteiger partial charge is 0.260 e.